The SMILES string of the molecule is O=C(OCC#CCSc1nnc(-c2ccccc2Br)o1)c1sc2ccccc2c1Cl. The van der Waals surface area contributed by atoms with E-state index in [2.05, 4.69) is 38.0 Å². The van der Waals surface area contributed by atoms with Gasteiger partial charge in [-0.3, -0.25) is 0 Å². The van der Waals surface area contributed by atoms with Crippen molar-refractivity contribution in [2.24, 2.45) is 0 Å². The highest BCUT2D eigenvalue weighted by atomic mass is 79.9. The standard InChI is InChI=1S/C21H12BrClN2O3S2/c22-15-9-3-1-7-13(15)19-24-25-21(28-19)29-12-6-5-11-27-20(26)18-17(23)14-8-2-4-10-16(14)30-18/h1-4,7-10H,11-12H2. The zero-order valence-electron chi connectivity index (χ0n) is 15.2. The Bertz CT molecular complexity index is 1280. The normalized spacial score (nSPS) is 10.6. The average molecular weight is 520 g/mol. The summed E-state index contributed by atoms with van der Waals surface area (Å²) in [7, 11) is 0. The van der Waals surface area contributed by atoms with Crippen LogP contribution in [0.2, 0.25) is 5.02 Å². The first-order valence-corrected chi connectivity index (χ1v) is 11.6. The second kappa shape index (κ2) is 9.67. The third-order valence-electron chi connectivity index (χ3n) is 3.90. The molecule has 9 heteroatoms. The van der Waals surface area contributed by atoms with Gasteiger partial charge in [0.2, 0.25) is 5.89 Å². The van der Waals surface area contributed by atoms with Gasteiger partial charge in [0, 0.05) is 14.6 Å². The Morgan fingerprint density at radius 1 is 1.17 bits per heavy atom. The summed E-state index contributed by atoms with van der Waals surface area (Å²) >= 11 is 12.4. The van der Waals surface area contributed by atoms with Gasteiger partial charge in [-0.2, -0.15) is 0 Å². The van der Waals surface area contributed by atoms with Crippen molar-refractivity contribution in [3.05, 3.63) is 62.9 Å². The fourth-order valence-electron chi connectivity index (χ4n) is 2.52. The van der Waals surface area contributed by atoms with Gasteiger partial charge in [0.05, 0.1) is 16.3 Å². The maximum Gasteiger partial charge on any atom is 0.350 e. The number of thioether (sulfide) groups is 1. The summed E-state index contributed by atoms with van der Waals surface area (Å²) in [5.41, 5.74) is 0.828. The fraction of sp³-hybridized carbons (Fsp3) is 0.0952. The molecule has 30 heavy (non-hydrogen) atoms. The predicted octanol–water partition coefficient (Wildman–Crippen LogP) is 6.32. The smallest absolute Gasteiger partial charge is 0.350 e. The molecule has 150 valence electrons. The highest BCUT2D eigenvalue weighted by Gasteiger charge is 2.17. The zero-order chi connectivity index (χ0) is 20.9. The molecule has 0 atom stereocenters. The van der Waals surface area contributed by atoms with Crippen molar-refractivity contribution in [1.82, 2.24) is 10.2 Å². The van der Waals surface area contributed by atoms with Gasteiger partial charge in [0.15, 0.2) is 6.61 Å². The number of carbonyl (C=O) groups excluding carboxylic acids is 1. The molecule has 0 bridgehead atoms. The Morgan fingerprint density at radius 3 is 2.80 bits per heavy atom. The maximum absolute atomic E-state index is 12.2. The number of carbonyl (C=O) groups is 1. The Hall–Kier alpha value is -2.31. The molecule has 2 aromatic heterocycles. The Kier molecular flexibility index (Phi) is 6.75. The number of nitrogens with zero attached hydrogens (tertiary/aromatic N) is 2. The number of halogens is 2. The molecule has 0 aliphatic carbocycles. The van der Waals surface area contributed by atoms with Gasteiger partial charge in [0.1, 0.15) is 4.88 Å². The number of fused-ring (bicyclic) bond motifs is 1. The molecule has 0 aliphatic heterocycles. The first kappa shape index (κ1) is 20.9. The van der Waals surface area contributed by atoms with Crippen molar-refractivity contribution in [3.8, 4) is 23.3 Å². The van der Waals surface area contributed by atoms with E-state index in [4.69, 9.17) is 20.8 Å². The summed E-state index contributed by atoms with van der Waals surface area (Å²) < 4.78 is 12.7. The second-order valence-corrected chi connectivity index (χ2v) is 9.02. The maximum atomic E-state index is 12.2. The highest BCUT2D eigenvalue weighted by molar-refractivity contribution is 9.10. The van der Waals surface area contributed by atoms with E-state index in [9.17, 15) is 4.79 Å². The first-order valence-electron chi connectivity index (χ1n) is 8.64. The monoisotopic (exact) mass is 518 g/mol. The number of esters is 1. The third-order valence-corrected chi connectivity index (χ3v) is 6.95. The van der Waals surface area contributed by atoms with E-state index in [0.29, 0.717) is 26.8 Å². The number of hydrogen-bond donors (Lipinski definition) is 0. The van der Waals surface area contributed by atoms with Crippen LogP contribution in [0.1, 0.15) is 9.67 Å². The number of ether oxygens (including phenoxy) is 1. The van der Waals surface area contributed by atoms with Gasteiger partial charge in [0.25, 0.3) is 5.22 Å². The second-order valence-electron chi connectivity index (χ2n) is 5.81. The molecule has 0 unspecified atom stereocenters. The minimum absolute atomic E-state index is 0.0178. The Labute approximate surface area is 193 Å². The lowest BCUT2D eigenvalue weighted by molar-refractivity contribution is 0.0562. The zero-order valence-corrected chi connectivity index (χ0v) is 19.2. The van der Waals surface area contributed by atoms with Crippen molar-refractivity contribution in [1.29, 1.82) is 0 Å². The van der Waals surface area contributed by atoms with Crippen LogP contribution in [0.25, 0.3) is 21.5 Å². The molecule has 0 N–H and O–H groups in total. The molecular weight excluding hydrogens is 508 g/mol. The number of hydrogen-bond acceptors (Lipinski definition) is 7. The summed E-state index contributed by atoms with van der Waals surface area (Å²) in [6.07, 6.45) is 0. The van der Waals surface area contributed by atoms with Crippen LogP contribution in [0.5, 0.6) is 0 Å². The number of thiophene rings is 1. The van der Waals surface area contributed by atoms with Crippen molar-refractivity contribution < 1.29 is 13.9 Å². The van der Waals surface area contributed by atoms with E-state index in [1.807, 2.05) is 48.5 Å². The number of benzene rings is 2. The molecule has 2 aromatic carbocycles. The van der Waals surface area contributed by atoms with Crippen LogP contribution in [0.3, 0.4) is 0 Å². The molecule has 0 aliphatic rings. The minimum atomic E-state index is -0.474. The molecule has 4 rings (SSSR count). The molecule has 0 radical (unpaired) electrons. The van der Waals surface area contributed by atoms with E-state index < -0.39 is 5.97 Å². The summed E-state index contributed by atoms with van der Waals surface area (Å²) in [5.74, 6) is 6.11. The molecule has 0 saturated heterocycles. The third kappa shape index (κ3) is 4.71. The lowest BCUT2D eigenvalue weighted by Crippen LogP contribution is -2.03. The summed E-state index contributed by atoms with van der Waals surface area (Å²) in [5, 5.41) is 9.74. The highest BCUT2D eigenvalue weighted by Crippen LogP contribution is 2.35. The van der Waals surface area contributed by atoms with Gasteiger partial charge in [-0.15, -0.1) is 21.5 Å². The molecule has 4 aromatic rings. The topological polar surface area (TPSA) is 65.2 Å². The minimum Gasteiger partial charge on any atom is -0.448 e. The van der Waals surface area contributed by atoms with Gasteiger partial charge in [-0.05, 0) is 34.1 Å². The van der Waals surface area contributed by atoms with Crippen molar-refractivity contribution in [2.45, 2.75) is 5.22 Å². The molecule has 2 heterocycles. The number of aromatic nitrogens is 2. The lowest BCUT2D eigenvalue weighted by Gasteiger charge is -1.98. The average Bonchev–Trinajstić information content (AvgIpc) is 3.36. The van der Waals surface area contributed by atoms with Gasteiger partial charge < -0.3 is 9.15 Å². The van der Waals surface area contributed by atoms with E-state index >= 15 is 0 Å². The van der Waals surface area contributed by atoms with Crippen molar-refractivity contribution >= 4 is 66.7 Å². The van der Waals surface area contributed by atoms with E-state index in [-0.39, 0.29) is 6.61 Å². The molecule has 5 nitrogen and oxygen atoms in total. The van der Waals surface area contributed by atoms with Crippen LogP contribution in [0.15, 0.2) is 62.6 Å². The molecule has 0 spiro atoms. The first-order chi connectivity index (χ1) is 14.6. The van der Waals surface area contributed by atoms with Gasteiger partial charge in [-0.1, -0.05) is 65.5 Å². The van der Waals surface area contributed by atoms with Crippen molar-refractivity contribution in [2.75, 3.05) is 12.4 Å². The molecule has 0 saturated carbocycles. The van der Waals surface area contributed by atoms with Gasteiger partial charge in [-0.25, -0.2) is 4.79 Å². The largest absolute Gasteiger partial charge is 0.448 e. The summed E-state index contributed by atoms with van der Waals surface area (Å²) in [4.78, 5) is 12.6. The Morgan fingerprint density at radius 2 is 1.97 bits per heavy atom. The molecule has 0 amide bonds. The summed E-state index contributed by atoms with van der Waals surface area (Å²) in [6, 6.07) is 15.2. The summed E-state index contributed by atoms with van der Waals surface area (Å²) in [6.45, 7) is -0.0178. The van der Waals surface area contributed by atoms with Crippen LogP contribution < -0.4 is 0 Å². The Balaban J connectivity index is 1.28. The number of rotatable bonds is 5. The fourth-order valence-corrected chi connectivity index (χ4v) is 4.91. The van der Waals surface area contributed by atoms with Crippen LogP contribution in [0, 0.1) is 11.8 Å². The van der Waals surface area contributed by atoms with E-state index in [0.717, 1.165) is 20.1 Å². The van der Waals surface area contributed by atoms with E-state index in [1.165, 1.54) is 23.1 Å². The van der Waals surface area contributed by atoms with Crippen LogP contribution in [-0.2, 0) is 4.74 Å². The predicted molar refractivity (Wildman–Crippen MR) is 123 cm³/mol. The van der Waals surface area contributed by atoms with Crippen LogP contribution >= 0.6 is 50.6 Å². The molecular formula is C21H12BrClN2O3S2. The lowest BCUT2D eigenvalue weighted by atomic mass is 10.2. The van der Waals surface area contributed by atoms with Crippen LogP contribution in [0.4, 0.5) is 0 Å². The quantitative estimate of drug-likeness (QED) is 0.175. The van der Waals surface area contributed by atoms with Crippen LogP contribution in [-0.4, -0.2) is 28.5 Å². The van der Waals surface area contributed by atoms with Gasteiger partial charge >= 0.3 is 5.97 Å². The molecule has 0 fully saturated rings. The van der Waals surface area contributed by atoms with Crippen molar-refractivity contribution in [3.63, 3.8) is 0 Å². The van der Waals surface area contributed by atoms with E-state index in [1.54, 1.807) is 0 Å².